The highest BCUT2D eigenvalue weighted by atomic mass is 16.5. The second-order valence-corrected chi connectivity index (χ2v) is 8.17. The fourth-order valence-corrected chi connectivity index (χ4v) is 3.92. The van der Waals surface area contributed by atoms with Crippen LogP contribution >= 0.6 is 0 Å². The third kappa shape index (κ3) is 4.44. The number of nitrogens with zero attached hydrogens (tertiary/aromatic N) is 1. The van der Waals surface area contributed by atoms with Crippen molar-refractivity contribution in [2.75, 3.05) is 11.9 Å². The number of ether oxygens (including phenoxy) is 1. The number of ketones is 1. The van der Waals surface area contributed by atoms with Gasteiger partial charge in [0.25, 0.3) is 11.8 Å². The molecule has 0 fully saturated rings. The molecule has 0 saturated carbocycles. The number of anilines is 1. The molecule has 3 amide bonds. The summed E-state index contributed by atoms with van der Waals surface area (Å²) in [5.74, 6) is -3.26. The Balaban J connectivity index is 2.00. The fraction of sp³-hybridized carbons (Fsp3) is 0.375. The van der Waals surface area contributed by atoms with Crippen molar-refractivity contribution in [2.45, 2.75) is 47.1 Å². The first-order chi connectivity index (χ1) is 15.6. The number of aryl methyl sites for hydroxylation is 1. The van der Waals surface area contributed by atoms with Crippen LogP contribution in [0.15, 0.2) is 28.7 Å². The van der Waals surface area contributed by atoms with Crippen LogP contribution in [0.5, 0.6) is 0 Å². The zero-order valence-corrected chi connectivity index (χ0v) is 19.2. The van der Waals surface area contributed by atoms with Gasteiger partial charge in [-0.2, -0.15) is 0 Å². The van der Waals surface area contributed by atoms with Crippen LogP contribution in [0.3, 0.4) is 0 Å². The molecule has 0 saturated heterocycles. The number of carbonyl (C=O) groups is 5. The van der Waals surface area contributed by atoms with Gasteiger partial charge >= 0.3 is 5.97 Å². The second-order valence-electron chi connectivity index (χ2n) is 8.17. The van der Waals surface area contributed by atoms with Gasteiger partial charge < -0.3 is 9.15 Å². The van der Waals surface area contributed by atoms with Crippen molar-refractivity contribution in [3.8, 4) is 0 Å². The predicted molar refractivity (Wildman–Crippen MR) is 118 cm³/mol. The molecule has 0 bridgehead atoms. The van der Waals surface area contributed by atoms with E-state index in [2.05, 4.69) is 5.32 Å². The Morgan fingerprint density at radius 1 is 1.06 bits per heavy atom. The van der Waals surface area contributed by atoms with Gasteiger partial charge in [0.15, 0.2) is 5.78 Å². The van der Waals surface area contributed by atoms with E-state index in [9.17, 15) is 24.0 Å². The highest BCUT2D eigenvalue weighted by Gasteiger charge is 2.43. The molecule has 1 aromatic heterocycles. The van der Waals surface area contributed by atoms with E-state index in [4.69, 9.17) is 9.15 Å². The number of hydrogen-bond acceptors (Lipinski definition) is 7. The van der Waals surface area contributed by atoms with Crippen molar-refractivity contribution >= 4 is 35.4 Å². The van der Waals surface area contributed by atoms with Crippen molar-refractivity contribution in [1.29, 1.82) is 0 Å². The summed E-state index contributed by atoms with van der Waals surface area (Å²) in [4.78, 5) is 64.9. The summed E-state index contributed by atoms with van der Waals surface area (Å²) in [6.07, 6.45) is 0.186. The van der Waals surface area contributed by atoms with Crippen molar-refractivity contribution in [3.63, 3.8) is 0 Å². The summed E-state index contributed by atoms with van der Waals surface area (Å²) >= 11 is 0. The van der Waals surface area contributed by atoms with Gasteiger partial charge in [-0.1, -0.05) is 26.0 Å². The number of carbonyl (C=O) groups excluding carboxylic acids is 5. The summed E-state index contributed by atoms with van der Waals surface area (Å²) in [5.41, 5.74) is 0.263. The molecule has 1 aliphatic heterocycles. The van der Waals surface area contributed by atoms with E-state index in [0.717, 1.165) is 4.90 Å². The van der Waals surface area contributed by atoms with Gasteiger partial charge in [-0.15, -0.1) is 0 Å². The van der Waals surface area contributed by atoms with Crippen LogP contribution in [0.2, 0.25) is 0 Å². The Bertz CT molecular complexity index is 1110. The Labute approximate surface area is 191 Å². The van der Waals surface area contributed by atoms with E-state index in [1.807, 2.05) is 13.8 Å². The number of nitrogens with one attached hydrogen (secondary N) is 1. The zero-order valence-electron chi connectivity index (χ0n) is 19.2. The molecular weight excluding hydrogens is 428 g/mol. The summed E-state index contributed by atoms with van der Waals surface area (Å²) in [6.45, 7) is 8.13. The van der Waals surface area contributed by atoms with E-state index >= 15 is 0 Å². The normalized spacial score (nSPS) is 13.8. The second kappa shape index (κ2) is 9.40. The molecule has 9 nitrogen and oxygen atoms in total. The Morgan fingerprint density at radius 3 is 2.12 bits per heavy atom. The average Bonchev–Trinajstić information content (AvgIpc) is 3.20. The Hall–Kier alpha value is -3.75. The molecule has 0 spiro atoms. The van der Waals surface area contributed by atoms with Crippen LogP contribution in [-0.2, 0) is 9.53 Å². The predicted octanol–water partition coefficient (Wildman–Crippen LogP) is 3.62. The van der Waals surface area contributed by atoms with Crippen LogP contribution in [0.4, 0.5) is 5.88 Å². The molecule has 1 atom stereocenters. The lowest BCUT2D eigenvalue weighted by Gasteiger charge is -2.26. The van der Waals surface area contributed by atoms with Gasteiger partial charge in [0, 0.05) is 0 Å². The Morgan fingerprint density at radius 2 is 1.64 bits per heavy atom. The topological polar surface area (TPSA) is 123 Å². The van der Waals surface area contributed by atoms with Crippen molar-refractivity contribution in [2.24, 2.45) is 5.92 Å². The molecule has 9 heteroatoms. The van der Waals surface area contributed by atoms with Crippen LogP contribution < -0.4 is 5.32 Å². The minimum absolute atomic E-state index is 0.00453. The molecule has 1 unspecified atom stereocenters. The lowest BCUT2D eigenvalue weighted by molar-refractivity contribution is -0.120. The lowest BCUT2D eigenvalue weighted by Crippen LogP contribution is -2.48. The molecule has 0 aliphatic carbocycles. The first-order valence-corrected chi connectivity index (χ1v) is 10.7. The van der Waals surface area contributed by atoms with Crippen molar-refractivity contribution < 1.29 is 33.1 Å². The van der Waals surface area contributed by atoms with Crippen LogP contribution in [0.1, 0.15) is 81.3 Å². The molecule has 1 aliphatic rings. The number of esters is 1. The van der Waals surface area contributed by atoms with Gasteiger partial charge in [-0.25, -0.2) is 4.79 Å². The van der Waals surface area contributed by atoms with E-state index in [1.165, 1.54) is 26.0 Å². The molecular formula is C24H26N2O7. The van der Waals surface area contributed by atoms with E-state index in [0.29, 0.717) is 0 Å². The number of fused-ring (bicyclic) bond motifs is 1. The number of furan rings is 1. The number of amides is 3. The minimum Gasteiger partial charge on any atom is -0.462 e. The summed E-state index contributed by atoms with van der Waals surface area (Å²) in [7, 11) is 0. The van der Waals surface area contributed by atoms with Crippen LogP contribution in [0.25, 0.3) is 0 Å². The number of rotatable bonds is 8. The van der Waals surface area contributed by atoms with E-state index in [1.54, 1.807) is 19.1 Å². The van der Waals surface area contributed by atoms with E-state index < -0.39 is 35.5 Å². The average molecular weight is 454 g/mol. The third-order valence-electron chi connectivity index (χ3n) is 5.29. The molecule has 3 rings (SSSR count). The molecule has 33 heavy (non-hydrogen) atoms. The van der Waals surface area contributed by atoms with Crippen molar-refractivity contribution in [3.05, 3.63) is 52.3 Å². The first-order valence-electron chi connectivity index (χ1n) is 10.7. The van der Waals surface area contributed by atoms with Gasteiger partial charge in [0.2, 0.25) is 11.8 Å². The molecule has 174 valence electrons. The van der Waals surface area contributed by atoms with Gasteiger partial charge in [0.1, 0.15) is 17.4 Å². The standard InChI is InChI=1S/C24H26N2O7/c1-6-32-24(31)19-18(13(4)27)14(5)33-21(19)25-20(28)17(11-12(2)3)26-22(29)15-9-7-8-10-16(15)23(26)30/h7-10,12,17H,6,11H2,1-5H3,(H,25,28). The van der Waals surface area contributed by atoms with Crippen molar-refractivity contribution in [1.82, 2.24) is 4.90 Å². The van der Waals surface area contributed by atoms with Gasteiger partial charge in [0.05, 0.1) is 23.3 Å². The van der Waals surface area contributed by atoms with Crippen LogP contribution in [0, 0.1) is 12.8 Å². The minimum atomic E-state index is -1.15. The third-order valence-corrected chi connectivity index (χ3v) is 5.29. The number of hydrogen-bond donors (Lipinski definition) is 1. The molecule has 2 heterocycles. The Kier molecular flexibility index (Phi) is 6.81. The lowest BCUT2D eigenvalue weighted by atomic mass is 10.0. The largest absolute Gasteiger partial charge is 0.462 e. The number of Topliss-reactive ketones (excluding diaryl/α,β-unsaturated/α-hetero) is 1. The quantitative estimate of drug-likeness (QED) is 0.367. The van der Waals surface area contributed by atoms with Crippen LogP contribution in [-0.4, -0.2) is 47.0 Å². The maximum absolute atomic E-state index is 13.3. The van der Waals surface area contributed by atoms with Gasteiger partial charge in [-0.05, 0) is 45.2 Å². The fourth-order valence-electron chi connectivity index (χ4n) is 3.92. The molecule has 0 radical (unpaired) electrons. The zero-order chi connectivity index (χ0) is 24.4. The van der Waals surface area contributed by atoms with Gasteiger partial charge in [-0.3, -0.25) is 29.4 Å². The number of benzene rings is 1. The molecule has 2 aromatic rings. The van der Waals surface area contributed by atoms with E-state index in [-0.39, 0.29) is 52.8 Å². The maximum atomic E-state index is 13.3. The summed E-state index contributed by atoms with van der Waals surface area (Å²) < 4.78 is 10.6. The monoisotopic (exact) mass is 454 g/mol. The maximum Gasteiger partial charge on any atom is 0.344 e. The summed E-state index contributed by atoms with van der Waals surface area (Å²) in [6, 6.07) is 5.21. The molecule has 1 aromatic carbocycles. The smallest absolute Gasteiger partial charge is 0.344 e. The highest BCUT2D eigenvalue weighted by molar-refractivity contribution is 6.23. The molecule has 1 N–H and O–H groups in total. The summed E-state index contributed by atoms with van der Waals surface area (Å²) in [5, 5.41) is 2.51. The number of imide groups is 1. The highest BCUT2D eigenvalue weighted by Crippen LogP contribution is 2.31. The SMILES string of the molecule is CCOC(=O)c1c(NC(=O)C(CC(C)C)N2C(=O)c3ccccc3C2=O)oc(C)c1C(C)=O. The first kappa shape index (κ1) is 23.9.